The summed E-state index contributed by atoms with van der Waals surface area (Å²) in [6.45, 7) is 10.5. The smallest absolute Gasteiger partial charge is 0.338 e. The molecule has 0 fully saturated rings. The molecule has 5 heteroatoms. The highest BCUT2D eigenvalue weighted by atomic mass is 19.1. The van der Waals surface area contributed by atoms with Crippen molar-refractivity contribution in [1.29, 1.82) is 0 Å². The SMILES string of the molecule is C=C(C)C(=O)OCc1cccc(/C=C/c2ccc(/C=C/c3cccc(OC(=O)C(=C)C)c3)cc2F)c1. The van der Waals surface area contributed by atoms with Crippen LogP contribution in [0.25, 0.3) is 24.3 Å². The van der Waals surface area contributed by atoms with E-state index in [1.54, 1.807) is 56.3 Å². The van der Waals surface area contributed by atoms with Gasteiger partial charge in [0.05, 0.1) is 0 Å². The van der Waals surface area contributed by atoms with Crippen LogP contribution in [0.3, 0.4) is 0 Å². The van der Waals surface area contributed by atoms with Crippen LogP contribution in [0.2, 0.25) is 0 Å². The molecule has 0 saturated heterocycles. The fraction of sp³-hybridized carbons (Fsp3) is 0.0968. The van der Waals surface area contributed by atoms with Gasteiger partial charge >= 0.3 is 11.9 Å². The van der Waals surface area contributed by atoms with E-state index in [1.807, 2.05) is 42.5 Å². The molecule has 0 atom stereocenters. The molecule has 0 unspecified atom stereocenters. The van der Waals surface area contributed by atoms with Crippen molar-refractivity contribution in [3.8, 4) is 5.75 Å². The van der Waals surface area contributed by atoms with E-state index in [-0.39, 0.29) is 12.4 Å². The van der Waals surface area contributed by atoms with E-state index in [1.165, 1.54) is 6.07 Å². The minimum Gasteiger partial charge on any atom is -0.457 e. The van der Waals surface area contributed by atoms with Crippen LogP contribution in [0.15, 0.2) is 91.0 Å². The number of benzene rings is 3. The Bertz CT molecular complexity index is 1360. The highest BCUT2D eigenvalue weighted by Gasteiger charge is 2.06. The van der Waals surface area contributed by atoms with Gasteiger partial charge in [0, 0.05) is 16.7 Å². The van der Waals surface area contributed by atoms with Crippen molar-refractivity contribution < 1.29 is 23.5 Å². The lowest BCUT2D eigenvalue weighted by Crippen LogP contribution is -2.08. The van der Waals surface area contributed by atoms with Crippen LogP contribution >= 0.6 is 0 Å². The number of rotatable bonds is 9. The third kappa shape index (κ3) is 7.77. The van der Waals surface area contributed by atoms with Crippen molar-refractivity contribution in [3.63, 3.8) is 0 Å². The van der Waals surface area contributed by atoms with Gasteiger partial charge < -0.3 is 9.47 Å². The van der Waals surface area contributed by atoms with Crippen LogP contribution in [0.4, 0.5) is 4.39 Å². The Hall–Kier alpha value is -4.51. The Balaban J connectivity index is 1.66. The summed E-state index contributed by atoms with van der Waals surface area (Å²) in [7, 11) is 0. The van der Waals surface area contributed by atoms with Crippen LogP contribution < -0.4 is 4.74 Å². The second kappa shape index (κ2) is 12.3. The zero-order valence-electron chi connectivity index (χ0n) is 20.3. The first-order valence-electron chi connectivity index (χ1n) is 11.3. The van der Waals surface area contributed by atoms with Crippen LogP contribution in [-0.4, -0.2) is 11.9 Å². The maximum absolute atomic E-state index is 14.7. The summed E-state index contributed by atoms with van der Waals surface area (Å²) >= 11 is 0. The highest BCUT2D eigenvalue weighted by molar-refractivity contribution is 5.89. The van der Waals surface area contributed by atoms with E-state index in [0.717, 1.165) is 16.7 Å². The van der Waals surface area contributed by atoms with Gasteiger partial charge in [0.15, 0.2) is 0 Å². The zero-order valence-corrected chi connectivity index (χ0v) is 20.3. The summed E-state index contributed by atoms with van der Waals surface area (Å²) in [5.41, 5.74) is 4.28. The fourth-order valence-corrected chi connectivity index (χ4v) is 3.10. The van der Waals surface area contributed by atoms with Gasteiger partial charge in [-0.25, -0.2) is 14.0 Å². The molecule has 0 amide bonds. The summed E-state index contributed by atoms with van der Waals surface area (Å²) in [4.78, 5) is 23.3. The van der Waals surface area contributed by atoms with E-state index < -0.39 is 11.9 Å². The molecule has 3 aromatic rings. The van der Waals surface area contributed by atoms with Crippen molar-refractivity contribution in [2.75, 3.05) is 0 Å². The molecule has 4 nitrogen and oxygen atoms in total. The number of carbonyl (C=O) groups excluding carboxylic acids is 2. The molecule has 0 aliphatic rings. The van der Waals surface area contributed by atoms with Crippen LogP contribution in [0.1, 0.15) is 41.7 Å². The van der Waals surface area contributed by atoms with E-state index in [4.69, 9.17) is 9.47 Å². The maximum atomic E-state index is 14.7. The number of carbonyl (C=O) groups is 2. The van der Waals surface area contributed by atoms with Crippen molar-refractivity contribution in [1.82, 2.24) is 0 Å². The predicted octanol–water partition coefficient (Wildman–Crippen LogP) is 7.27. The first-order chi connectivity index (χ1) is 17.2. The number of hydrogen-bond donors (Lipinski definition) is 0. The van der Waals surface area contributed by atoms with E-state index in [9.17, 15) is 14.0 Å². The van der Waals surface area contributed by atoms with Gasteiger partial charge in [-0.1, -0.05) is 79.9 Å². The monoisotopic (exact) mass is 482 g/mol. The van der Waals surface area contributed by atoms with Crippen molar-refractivity contribution >= 4 is 36.2 Å². The molecule has 0 aromatic heterocycles. The molecule has 0 aliphatic carbocycles. The first kappa shape index (κ1) is 26.1. The van der Waals surface area contributed by atoms with Gasteiger partial charge in [0.2, 0.25) is 0 Å². The van der Waals surface area contributed by atoms with E-state index in [0.29, 0.717) is 28.0 Å². The van der Waals surface area contributed by atoms with Gasteiger partial charge in [-0.15, -0.1) is 0 Å². The second-order valence-corrected chi connectivity index (χ2v) is 8.29. The molecular formula is C31H27FO4. The standard InChI is InChI=1S/C31H27FO4/c1-21(2)30(33)35-20-26-9-5-7-23(17-26)13-15-27-16-14-25(19-29(27)32)12-11-24-8-6-10-28(18-24)36-31(34)22(3)4/h5-19H,1,3,20H2,2,4H3/b12-11+,15-13+. The Labute approximate surface area is 210 Å². The van der Waals surface area contributed by atoms with Gasteiger partial charge in [-0.3, -0.25) is 0 Å². The number of hydrogen-bond acceptors (Lipinski definition) is 4. The van der Waals surface area contributed by atoms with Crippen molar-refractivity contribution in [2.24, 2.45) is 0 Å². The first-order valence-corrected chi connectivity index (χ1v) is 11.3. The molecule has 0 N–H and O–H groups in total. The summed E-state index contributed by atoms with van der Waals surface area (Å²) in [5.74, 6) is -0.871. The molecule has 3 rings (SSSR count). The third-order valence-corrected chi connectivity index (χ3v) is 5.03. The van der Waals surface area contributed by atoms with Gasteiger partial charge in [0.25, 0.3) is 0 Å². The quantitative estimate of drug-likeness (QED) is 0.139. The molecule has 0 bridgehead atoms. The lowest BCUT2D eigenvalue weighted by atomic mass is 10.1. The van der Waals surface area contributed by atoms with Crippen molar-refractivity contribution in [3.05, 3.63) is 125 Å². The molecule has 0 heterocycles. The molecule has 0 aliphatic heterocycles. The number of esters is 2. The van der Waals surface area contributed by atoms with Gasteiger partial charge in [-0.05, 0) is 60.4 Å². The van der Waals surface area contributed by atoms with Crippen LogP contribution in [0, 0.1) is 5.82 Å². The Morgan fingerprint density at radius 2 is 1.39 bits per heavy atom. The van der Waals surface area contributed by atoms with Gasteiger partial charge in [-0.2, -0.15) is 0 Å². The Kier molecular flexibility index (Phi) is 8.89. The predicted molar refractivity (Wildman–Crippen MR) is 142 cm³/mol. The molecule has 0 saturated carbocycles. The lowest BCUT2D eigenvalue weighted by Gasteiger charge is -2.05. The normalized spacial score (nSPS) is 11.0. The topological polar surface area (TPSA) is 52.6 Å². The summed E-state index contributed by atoms with van der Waals surface area (Å²) < 4.78 is 25.1. The largest absolute Gasteiger partial charge is 0.457 e. The molecule has 0 spiro atoms. The summed E-state index contributed by atoms with van der Waals surface area (Å²) in [6.07, 6.45) is 7.09. The lowest BCUT2D eigenvalue weighted by molar-refractivity contribution is -0.140. The molecule has 182 valence electrons. The highest BCUT2D eigenvalue weighted by Crippen LogP contribution is 2.19. The van der Waals surface area contributed by atoms with Crippen LogP contribution in [0.5, 0.6) is 5.75 Å². The average Bonchev–Trinajstić information content (AvgIpc) is 2.85. The third-order valence-electron chi connectivity index (χ3n) is 5.03. The molecule has 0 radical (unpaired) electrons. The maximum Gasteiger partial charge on any atom is 0.338 e. The van der Waals surface area contributed by atoms with E-state index >= 15 is 0 Å². The minimum absolute atomic E-state index is 0.141. The fourth-order valence-electron chi connectivity index (χ4n) is 3.10. The second-order valence-electron chi connectivity index (χ2n) is 8.29. The average molecular weight is 483 g/mol. The Morgan fingerprint density at radius 1 is 0.778 bits per heavy atom. The van der Waals surface area contributed by atoms with E-state index in [2.05, 4.69) is 13.2 Å². The molecule has 3 aromatic carbocycles. The van der Waals surface area contributed by atoms with Crippen LogP contribution in [-0.2, 0) is 20.9 Å². The summed E-state index contributed by atoms with van der Waals surface area (Å²) in [5, 5.41) is 0. The zero-order chi connectivity index (χ0) is 26.1. The molecular weight excluding hydrogens is 455 g/mol. The van der Waals surface area contributed by atoms with Gasteiger partial charge in [0.1, 0.15) is 18.2 Å². The van der Waals surface area contributed by atoms with Crippen molar-refractivity contribution in [2.45, 2.75) is 20.5 Å². The number of halogens is 1. The Morgan fingerprint density at radius 3 is 2.06 bits per heavy atom. The number of ether oxygens (including phenoxy) is 2. The summed E-state index contributed by atoms with van der Waals surface area (Å²) in [6, 6.07) is 19.5. The minimum atomic E-state index is -0.486. The molecule has 36 heavy (non-hydrogen) atoms.